The van der Waals surface area contributed by atoms with Crippen molar-refractivity contribution in [2.45, 2.75) is 25.7 Å². The van der Waals surface area contributed by atoms with Gasteiger partial charge in [0.2, 0.25) is 5.88 Å². The summed E-state index contributed by atoms with van der Waals surface area (Å²) in [7, 11) is 1.55. The number of hydrogen-bond donors (Lipinski definition) is 3. The summed E-state index contributed by atoms with van der Waals surface area (Å²) in [5.41, 5.74) is 6.21. The number of rotatable bonds is 8. The molecule has 1 aromatic heterocycles. The molecule has 0 spiro atoms. The van der Waals surface area contributed by atoms with Crippen molar-refractivity contribution >= 4 is 11.5 Å². The Morgan fingerprint density at radius 1 is 1.29 bits per heavy atom. The highest BCUT2D eigenvalue weighted by molar-refractivity contribution is 5.53. The number of unbranched alkanes of at least 4 members (excludes halogenated alkanes) is 3. The zero-order valence-electron chi connectivity index (χ0n) is 10.3. The molecular weight excluding hydrogens is 218 g/mol. The first-order valence-corrected chi connectivity index (χ1v) is 5.93. The van der Waals surface area contributed by atoms with Crippen LogP contribution in [0.3, 0.4) is 0 Å². The molecule has 0 aliphatic carbocycles. The van der Waals surface area contributed by atoms with Gasteiger partial charge in [-0.1, -0.05) is 12.8 Å². The molecule has 0 unspecified atom stereocenters. The van der Waals surface area contributed by atoms with Crippen molar-refractivity contribution in [1.29, 1.82) is 0 Å². The Balaban J connectivity index is 2.27. The van der Waals surface area contributed by atoms with Crippen molar-refractivity contribution in [2.75, 3.05) is 31.3 Å². The summed E-state index contributed by atoms with van der Waals surface area (Å²) in [4.78, 5) is 4.23. The number of ether oxygens (including phenoxy) is 1. The Morgan fingerprint density at radius 3 is 2.76 bits per heavy atom. The summed E-state index contributed by atoms with van der Waals surface area (Å²) in [6.07, 6.45) is 4.12. The zero-order chi connectivity index (χ0) is 12.5. The third-order valence-electron chi connectivity index (χ3n) is 2.47. The molecule has 1 heterocycles. The number of nitrogens with zero attached hydrogens (tertiary/aromatic N) is 1. The number of aliphatic hydroxyl groups is 1. The molecule has 96 valence electrons. The number of methoxy groups -OCH3 is 1. The molecule has 0 amide bonds. The van der Waals surface area contributed by atoms with Gasteiger partial charge in [0, 0.05) is 13.2 Å². The van der Waals surface area contributed by atoms with E-state index in [-0.39, 0.29) is 6.61 Å². The van der Waals surface area contributed by atoms with Gasteiger partial charge in [-0.3, -0.25) is 0 Å². The summed E-state index contributed by atoms with van der Waals surface area (Å²) in [5, 5.41) is 11.8. The van der Waals surface area contributed by atoms with Gasteiger partial charge in [0.05, 0.1) is 12.8 Å². The fourth-order valence-corrected chi connectivity index (χ4v) is 1.52. The second-order valence-electron chi connectivity index (χ2n) is 3.86. The largest absolute Gasteiger partial charge is 0.479 e. The topological polar surface area (TPSA) is 80.4 Å². The van der Waals surface area contributed by atoms with Crippen LogP contribution in [0.1, 0.15) is 25.7 Å². The van der Waals surface area contributed by atoms with E-state index in [0.29, 0.717) is 11.6 Å². The van der Waals surface area contributed by atoms with Crippen molar-refractivity contribution < 1.29 is 9.84 Å². The van der Waals surface area contributed by atoms with Crippen molar-refractivity contribution in [3.8, 4) is 5.88 Å². The normalized spacial score (nSPS) is 10.2. The minimum absolute atomic E-state index is 0.282. The molecule has 0 aliphatic heterocycles. The van der Waals surface area contributed by atoms with E-state index in [1.807, 2.05) is 6.07 Å². The monoisotopic (exact) mass is 239 g/mol. The number of nitrogen functional groups attached to an aromatic ring is 1. The Bertz CT molecular complexity index is 332. The fraction of sp³-hybridized carbons (Fsp3) is 0.583. The minimum atomic E-state index is 0.282. The lowest BCUT2D eigenvalue weighted by molar-refractivity contribution is 0.283. The summed E-state index contributed by atoms with van der Waals surface area (Å²) >= 11 is 0. The molecule has 0 radical (unpaired) electrons. The average molecular weight is 239 g/mol. The molecule has 0 saturated carbocycles. The lowest BCUT2D eigenvalue weighted by Crippen LogP contribution is -2.05. The molecule has 0 aliphatic rings. The van der Waals surface area contributed by atoms with E-state index in [0.717, 1.165) is 38.0 Å². The summed E-state index contributed by atoms with van der Waals surface area (Å²) in [6, 6.07) is 3.62. The summed E-state index contributed by atoms with van der Waals surface area (Å²) < 4.78 is 5.04. The molecule has 0 atom stereocenters. The second kappa shape index (κ2) is 7.73. The van der Waals surface area contributed by atoms with Crippen molar-refractivity contribution in [2.24, 2.45) is 0 Å². The van der Waals surface area contributed by atoms with Crippen LogP contribution in [-0.2, 0) is 0 Å². The smallest absolute Gasteiger partial charge is 0.238 e. The number of aliphatic hydroxyl groups excluding tert-OH is 1. The van der Waals surface area contributed by atoms with Gasteiger partial charge >= 0.3 is 0 Å². The molecule has 5 nitrogen and oxygen atoms in total. The molecule has 1 aromatic rings. The number of hydrogen-bond acceptors (Lipinski definition) is 5. The molecular formula is C12H21N3O2. The van der Waals surface area contributed by atoms with E-state index in [1.54, 1.807) is 13.2 Å². The lowest BCUT2D eigenvalue weighted by atomic mass is 10.2. The van der Waals surface area contributed by atoms with Gasteiger partial charge in [0.1, 0.15) is 5.82 Å². The molecule has 5 heteroatoms. The molecule has 0 saturated heterocycles. The van der Waals surface area contributed by atoms with E-state index in [2.05, 4.69) is 10.3 Å². The quantitative estimate of drug-likeness (QED) is 0.601. The van der Waals surface area contributed by atoms with Crippen molar-refractivity contribution in [1.82, 2.24) is 4.98 Å². The van der Waals surface area contributed by atoms with Crippen LogP contribution in [0.25, 0.3) is 0 Å². The van der Waals surface area contributed by atoms with Gasteiger partial charge in [-0.25, -0.2) is 0 Å². The van der Waals surface area contributed by atoms with Crippen LogP contribution in [0.2, 0.25) is 0 Å². The third-order valence-corrected chi connectivity index (χ3v) is 2.47. The van der Waals surface area contributed by atoms with Crippen LogP contribution in [0.15, 0.2) is 12.1 Å². The maximum absolute atomic E-state index is 8.63. The molecule has 0 aromatic carbocycles. The van der Waals surface area contributed by atoms with E-state index in [1.165, 1.54) is 0 Å². The predicted octanol–water partition coefficient (Wildman–Crippen LogP) is 1.64. The van der Waals surface area contributed by atoms with Gasteiger partial charge < -0.3 is 20.9 Å². The Morgan fingerprint density at radius 2 is 2.06 bits per heavy atom. The fourth-order valence-electron chi connectivity index (χ4n) is 1.52. The standard InChI is InChI=1S/C12H21N3O2/c1-17-12-10(13)6-7-11(15-12)14-8-4-2-3-5-9-16/h6-7,16H,2-5,8-9,13H2,1H3,(H,14,15). The average Bonchev–Trinajstić information content (AvgIpc) is 2.35. The van der Waals surface area contributed by atoms with Crippen LogP contribution in [0.4, 0.5) is 11.5 Å². The number of nitrogens with one attached hydrogen (secondary N) is 1. The number of nitrogens with two attached hydrogens (primary N) is 1. The van der Waals surface area contributed by atoms with Crippen LogP contribution in [-0.4, -0.2) is 30.4 Å². The molecule has 4 N–H and O–H groups in total. The van der Waals surface area contributed by atoms with Crippen LogP contribution in [0.5, 0.6) is 5.88 Å². The van der Waals surface area contributed by atoms with Gasteiger partial charge in [0.15, 0.2) is 0 Å². The maximum atomic E-state index is 8.63. The highest BCUT2D eigenvalue weighted by Gasteiger charge is 2.01. The Hall–Kier alpha value is -1.49. The summed E-state index contributed by atoms with van der Waals surface area (Å²) in [6.45, 7) is 1.15. The van der Waals surface area contributed by atoms with Crippen LogP contribution in [0, 0.1) is 0 Å². The van der Waals surface area contributed by atoms with Crippen molar-refractivity contribution in [3.05, 3.63) is 12.1 Å². The third kappa shape index (κ3) is 4.91. The lowest BCUT2D eigenvalue weighted by Gasteiger charge is -2.08. The second-order valence-corrected chi connectivity index (χ2v) is 3.86. The Kier molecular flexibility index (Phi) is 6.17. The molecule has 1 rings (SSSR count). The Labute approximate surface area is 102 Å². The SMILES string of the molecule is COc1nc(NCCCCCCO)ccc1N. The zero-order valence-corrected chi connectivity index (χ0v) is 10.3. The number of pyridine rings is 1. The first kappa shape index (κ1) is 13.6. The van der Waals surface area contributed by atoms with E-state index >= 15 is 0 Å². The molecule has 17 heavy (non-hydrogen) atoms. The van der Waals surface area contributed by atoms with Gasteiger partial charge in [0.25, 0.3) is 0 Å². The van der Waals surface area contributed by atoms with Crippen LogP contribution >= 0.6 is 0 Å². The highest BCUT2D eigenvalue weighted by atomic mass is 16.5. The van der Waals surface area contributed by atoms with Crippen LogP contribution < -0.4 is 15.8 Å². The summed E-state index contributed by atoms with van der Waals surface area (Å²) in [5.74, 6) is 1.23. The molecule has 0 bridgehead atoms. The number of aromatic nitrogens is 1. The van der Waals surface area contributed by atoms with Gasteiger partial charge in [-0.15, -0.1) is 0 Å². The molecule has 0 fully saturated rings. The first-order valence-electron chi connectivity index (χ1n) is 5.93. The first-order chi connectivity index (χ1) is 8.27. The van der Waals surface area contributed by atoms with E-state index in [4.69, 9.17) is 15.6 Å². The maximum Gasteiger partial charge on any atom is 0.238 e. The van der Waals surface area contributed by atoms with Gasteiger partial charge in [-0.05, 0) is 25.0 Å². The number of anilines is 2. The minimum Gasteiger partial charge on any atom is -0.479 e. The predicted molar refractivity (Wildman–Crippen MR) is 69.2 cm³/mol. The van der Waals surface area contributed by atoms with Crippen molar-refractivity contribution in [3.63, 3.8) is 0 Å². The van der Waals surface area contributed by atoms with Gasteiger partial charge in [-0.2, -0.15) is 4.98 Å². The highest BCUT2D eigenvalue weighted by Crippen LogP contribution is 2.20. The van der Waals surface area contributed by atoms with E-state index in [9.17, 15) is 0 Å². The van der Waals surface area contributed by atoms with E-state index < -0.39 is 0 Å².